The predicted octanol–water partition coefficient (Wildman–Crippen LogP) is 2.82. The molecule has 0 saturated heterocycles. The van der Waals surface area contributed by atoms with Gasteiger partial charge in [0.25, 0.3) is 5.91 Å². The molecule has 0 aliphatic rings. The highest BCUT2D eigenvalue weighted by atomic mass is 19.4. The lowest BCUT2D eigenvalue weighted by molar-refractivity contribution is -0.143. The van der Waals surface area contributed by atoms with Crippen molar-refractivity contribution in [3.8, 4) is 0 Å². The molecule has 0 unspecified atom stereocenters. The number of halogens is 6. The molecule has 6 nitrogen and oxygen atoms in total. The second-order valence-electron chi connectivity index (χ2n) is 5.61. The van der Waals surface area contributed by atoms with Gasteiger partial charge >= 0.3 is 18.3 Å². The van der Waals surface area contributed by atoms with Crippen molar-refractivity contribution >= 4 is 17.8 Å². The normalized spacial score (nSPS) is 13.2. The molecule has 0 aliphatic carbocycles. The van der Waals surface area contributed by atoms with Crippen molar-refractivity contribution in [3.05, 3.63) is 47.0 Å². The van der Waals surface area contributed by atoms with Crippen LogP contribution in [0.25, 0.3) is 0 Å². The zero-order chi connectivity index (χ0) is 22.4. The fourth-order valence-corrected chi connectivity index (χ4v) is 2.06. The SMILES string of the molecule is CCOC(=O)/C=C/C[C@@H](NC(=O)c1cc(C(F)(F)F)cc(C(F)(F)F)c1)C(N)=O. The van der Waals surface area contributed by atoms with Gasteiger partial charge in [-0.1, -0.05) is 6.08 Å². The number of carbonyl (C=O) groups is 3. The zero-order valence-corrected chi connectivity index (χ0v) is 14.9. The first-order valence-corrected chi connectivity index (χ1v) is 7.98. The summed E-state index contributed by atoms with van der Waals surface area (Å²) in [5, 5.41) is 1.94. The minimum atomic E-state index is -5.14. The van der Waals surface area contributed by atoms with Crippen LogP contribution in [0, 0.1) is 0 Å². The van der Waals surface area contributed by atoms with Crippen molar-refractivity contribution in [2.45, 2.75) is 31.7 Å². The molecule has 1 rings (SSSR count). The number of ether oxygens (including phenoxy) is 1. The number of alkyl halides is 6. The molecule has 0 radical (unpaired) electrons. The van der Waals surface area contributed by atoms with Crippen LogP contribution in [-0.4, -0.2) is 30.4 Å². The maximum Gasteiger partial charge on any atom is 0.416 e. The fourth-order valence-electron chi connectivity index (χ4n) is 2.06. The van der Waals surface area contributed by atoms with E-state index in [0.29, 0.717) is 0 Å². The van der Waals surface area contributed by atoms with Gasteiger partial charge in [0.2, 0.25) is 5.91 Å². The summed E-state index contributed by atoms with van der Waals surface area (Å²) in [6, 6.07) is -1.18. The van der Waals surface area contributed by atoms with E-state index in [1.807, 2.05) is 5.32 Å². The number of benzene rings is 1. The average Bonchev–Trinajstić information content (AvgIpc) is 2.58. The Hall–Kier alpha value is -3.05. The van der Waals surface area contributed by atoms with E-state index in [-0.39, 0.29) is 31.2 Å². The van der Waals surface area contributed by atoms with E-state index < -0.39 is 52.9 Å². The summed E-state index contributed by atoms with van der Waals surface area (Å²) >= 11 is 0. The summed E-state index contributed by atoms with van der Waals surface area (Å²) in [6.07, 6.45) is -8.58. The Labute approximate surface area is 160 Å². The highest BCUT2D eigenvalue weighted by Crippen LogP contribution is 2.36. The van der Waals surface area contributed by atoms with Crippen LogP contribution in [0.4, 0.5) is 26.3 Å². The monoisotopic (exact) mass is 426 g/mol. The molecule has 3 N–H and O–H groups in total. The summed E-state index contributed by atoms with van der Waals surface area (Å²) in [4.78, 5) is 34.7. The molecule has 0 aromatic heterocycles. The number of rotatable bonds is 7. The number of hydrogen-bond acceptors (Lipinski definition) is 4. The fraction of sp³-hybridized carbons (Fsp3) is 0.353. The molecule has 0 bridgehead atoms. The Kier molecular flexibility index (Phi) is 7.80. The molecule has 0 fully saturated rings. The highest BCUT2D eigenvalue weighted by molar-refractivity contribution is 5.97. The molecule has 1 aromatic carbocycles. The Bertz CT molecular complexity index is 770. The number of primary amides is 1. The number of carbonyl (C=O) groups excluding carboxylic acids is 3. The average molecular weight is 426 g/mol. The van der Waals surface area contributed by atoms with Gasteiger partial charge in [-0.05, 0) is 31.5 Å². The number of amides is 2. The quantitative estimate of drug-likeness (QED) is 0.398. The largest absolute Gasteiger partial charge is 0.463 e. The van der Waals surface area contributed by atoms with E-state index in [0.717, 1.165) is 12.2 Å². The van der Waals surface area contributed by atoms with Gasteiger partial charge in [0.05, 0.1) is 17.7 Å². The molecular weight excluding hydrogens is 410 g/mol. The molecule has 0 aliphatic heterocycles. The maximum atomic E-state index is 12.9. The van der Waals surface area contributed by atoms with Gasteiger partial charge in [-0.2, -0.15) is 26.3 Å². The van der Waals surface area contributed by atoms with Crippen LogP contribution in [-0.2, 0) is 26.7 Å². The summed E-state index contributed by atoms with van der Waals surface area (Å²) in [5.74, 6) is -3.25. The van der Waals surface area contributed by atoms with Crippen molar-refractivity contribution in [2.75, 3.05) is 6.61 Å². The van der Waals surface area contributed by atoms with Crippen LogP contribution in [0.3, 0.4) is 0 Å². The lowest BCUT2D eigenvalue weighted by Crippen LogP contribution is -2.44. The van der Waals surface area contributed by atoms with E-state index in [4.69, 9.17) is 5.73 Å². The van der Waals surface area contributed by atoms with Gasteiger partial charge in [-0.3, -0.25) is 9.59 Å². The van der Waals surface area contributed by atoms with Gasteiger partial charge < -0.3 is 15.8 Å². The first-order valence-electron chi connectivity index (χ1n) is 7.98. The summed E-state index contributed by atoms with van der Waals surface area (Å²) < 4.78 is 81.8. The number of nitrogens with one attached hydrogen (secondary N) is 1. The van der Waals surface area contributed by atoms with Crippen LogP contribution < -0.4 is 11.1 Å². The third-order valence-corrected chi connectivity index (χ3v) is 3.41. The summed E-state index contributed by atoms with van der Waals surface area (Å²) in [6.45, 7) is 1.62. The lowest BCUT2D eigenvalue weighted by Gasteiger charge is -2.16. The van der Waals surface area contributed by atoms with Crippen LogP contribution in [0.15, 0.2) is 30.4 Å². The number of hydrogen-bond donors (Lipinski definition) is 2. The Morgan fingerprint density at radius 3 is 2.00 bits per heavy atom. The molecule has 1 atom stereocenters. The van der Waals surface area contributed by atoms with Gasteiger partial charge in [0.1, 0.15) is 6.04 Å². The minimum absolute atomic E-state index is 0.0796. The molecule has 0 heterocycles. The van der Waals surface area contributed by atoms with Crippen LogP contribution in [0.1, 0.15) is 34.8 Å². The molecule has 0 saturated carbocycles. The van der Waals surface area contributed by atoms with E-state index >= 15 is 0 Å². The Balaban J connectivity index is 3.11. The molecule has 2 amide bonds. The minimum Gasteiger partial charge on any atom is -0.463 e. The van der Waals surface area contributed by atoms with E-state index in [9.17, 15) is 40.7 Å². The van der Waals surface area contributed by atoms with Crippen molar-refractivity contribution < 1.29 is 45.5 Å². The van der Waals surface area contributed by atoms with Crippen molar-refractivity contribution in [1.29, 1.82) is 0 Å². The summed E-state index contributed by atoms with van der Waals surface area (Å²) in [7, 11) is 0. The Morgan fingerprint density at radius 1 is 1.07 bits per heavy atom. The van der Waals surface area contributed by atoms with E-state index in [1.54, 1.807) is 6.92 Å². The number of esters is 1. The lowest BCUT2D eigenvalue weighted by atomic mass is 10.0. The molecule has 0 spiro atoms. The van der Waals surface area contributed by atoms with Crippen LogP contribution >= 0.6 is 0 Å². The highest BCUT2D eigenvalue weighted by Gasteiger charge is 2.37. The van der Waals surface area contributed by atoms with E-state index in [2.05, 4.69) is 4.74 Å². The smallest absolute Gasteiger partial charge is 0.416 e. The predicted molar refractivity (Wildman–Crippen MR) is 87.3 cm³/mol. The second-order valence-corrected chi connectivity index (χ2v) is 5.61. The van der Waals surface area contributed by atoms with Crippen LogP contribution in [0.2, 0.25) is 0 Å². The zero-order valence-electron chi connectivity index (χ0n) is 14.9. The third-order valence-electron chi connectivity index (χ3n) is 3.41. The molecule has 29 heavy (non-hydrogen) atoms. The number of nitrogens with two attached hydrogens (primary N) is 1. The molecule has 160 valence electrons. The van der Waals surface area contributed by atoms with Gasteiger partial charge in [0.15, 0.2) is 0 Å². The summed E-state index contributed by atoms with van der Waals surface area (Å²) in [5.41, 5.74) is 0.738. The standard InChI is InChI=1S/C17H16F6N2O4/c1-2-29-13(26)5-3-4-12(14(24)27)25-15(28)9-6-10(16(18,19)20)8-11(7-9)17(21,22)23/h3,5-8,12H,2,4H2,1H3,(H2,24,27)(H,25,28)/b5-3+/t12-/m1/s1. The molecule has 1 aromatic rings. The van der Waals surface area contributed by atoms with Gasteiger partial charge in [-0.25, -0.2) is 4.79 Å². The molecule has 12 heteroatoms. The Morgan fingerprint density at radius 2 is 1.59 bits per heavy atom. The molecular formula is C17H16F6N2O4. The third kappa shape index (κ3) is 7.47. The van der Waals surface area contributed by atoms with Gasteiger partial charge in [0, 0.05) is 11.6 Å². The van der Waals surface area contributed by atoms with Crippen molar-refractivity contribution in [1.82, 2.24) is 5.32 Å². The first kappa shape index (κ1) is 24.0. The second kappa shape index (κ2) is 9.43. The van der Waals surface area contributed by atoms with Crippen molar-refractivity contribution in [2.24, 2.45) is 5.73 Å². The maximum absolute atomic E-state index is 12.9. The van der Waals surface area contributed by atoms with Gasteiger partial charge in [-0.15, -0.1) is 0 Å². The van der Waals surface area contributed by atoms with E-state index in [1.165, 1.54) is 0 Å². The van der Waals surface area contributed by atoms with Crippen LogP contribution in [0.5, 0.6) is 0 Å². The topological polar surface area (TPSA) is 98.5 Å². The first-order chi connectivity index (χ1) is 13.3. The van der Waals surface area contributed by atoms with Crippen molar-refractivity contribution in [3.63, 3.8) is 0 Å².